The van der Waals surface area contributed by atoms with Crippen LogP contribution in [0.3, 0.4) is 0 Å². The normalized spacial score (nSPS) is 9.68. The Bertz CT molecular complexity index is 802. The fourth-order valence-electron chi connectivity index (χ4n) is 2.34. The summed E-state index contributed by atoms with van der Waals surface area (Å²) in [6, 6.07) is 25.7. The molecule has 4 rings (SSSR count). The number of rotatable bonds is 0. The van der Waals surface area contributed by atoms with E-state index in [1.54, 1.807) is 0 Å². The molecule has 0 bridgehead atoms. The van der Waals surface area contributed by atoms with Gasteiger partial charge in [-0.2, -0.15) is 35.9 Å². The van der Waals surface area contributed by atoms with E-state index < -0.39 is 0 Å². The summed E-state index contributed by atoms with van der Waals surface area (Å²) in [6.07, 6.45) is 3.75. The summed E-state index contributed by atoms with van der Waals surface area (Å²) in [4.78, 5) is 4.12. The Morgan fingerprint density at radius 1 is 0.773 bits per heavy atom. The number of aryl methyl sites for hydroxylation is 1. The maximum Gasteiger partial charge on any atom is 0.0346 e. The molecule has 0 aliphatic heterocycles. The van der Waals surface area contributed by atoms with Gasteiger partial charge in [0.2, 0.25) is 0 Å². The van der Waals surface area contributed by atoms with E-state index in [-0.39, 0.29) is 20.1 Å². The second-order valence-electron chi connectivity index (χ2n) is 4.93. The number of aromatic nitrogens is 1. The average molecular weight is 463 g/mol. The van der Waals surface area contributed by atoms with Crippen molar-refractivity contribution in [1.82, 2.24) is 4.98 Å². The van der Waals surface area contributed by atoms with Crippen molar-refractivity contribution < 1.29 is 20.1 Å². The van der Waals surface area contributed by atoms with Crippen molar-refractivity contribution in [2.75, 3.05) is 0 Å². The number of pyridine rings is 1. The molecule has 111 valence electrons. The van der Waals surface area contributed by atoms with Gasteiger partial charge in [-0.25, -0.2) is 0 Å². The third kappa shape index (κ3) is 3.79. The molecule has 0 saturated heterocycles. The van der Waals surface area contributed by atoms with Crippen LogP contribution in [0, 0.1) is 13.0 Å². The predicted molar refractivity (Wildman–Crippen MR) is 89.3 cm³/mol. The van der Waals surface area contributed by atoms with E-state index >= 15 is 0 Å². The Labute approximate surface area is 144 Å². The largest absolute Gasteiger partial charge is 0.264 e. The molecule has 22 heavy (non-hydrogen) atoms. The molecular weight excluding hydrogens is 446 g/mol. The van der Waals surface area contributed by atoms with Gasteiger partial charge < -0.3 is 0 Å². The first kappa shape index (κ1) is 16.4. The van der Waals surface area contributed by atoms with Crippen LogP contribution in [0.25, 0.3) is 21.5 Å². The quantitative estimate of drug-likeness (QED) is 0.259. The summed E-state index contributed by atoms with van der Waals surface area (Å²) in [5, 5.41) is 5.06. The summed E-state index contributed by atoms with van der Waals surface area (Å²) in [5.74, 6) is 0. The monoisotopic (exact) mass is 463 g/mol. The first-order valence-electron chi connectivity index (χ1n) is 6.99. The van der Waals surface area contributed by atoms with Crippen molar-refractivity contribution >= 4 is 21.5 Å². The Morgan fingerprint density at radius 2 is 1.50 bits per heavy atom. The summed E-state index contributed by atoms with van der Waals surface area (Å²) in [7, 11) is 0. The minimum absolute atomic E-state index is 0. The van der Waals surface area contributed by atoms with Crippen molar-refractivity contribution in [3.05, 3.63) is 90.8 Å². The van der Waals surface area contributed by atoms with Gasteiger partial charge in [-0.15, -0.1) is 0 Å². The fourth-order valence-corrected chi connectivity index (χ4v) is 2.34. The maximum absolute atomic E-state index is 4.12. The Kier molecular flexibility index (Phi) is 5.82. The van der Waals surface area contributed by atoms with Crippen molar-refractivity contribution in [3.63, 3.8) is 0 Å². The number of fused-ring (bicyclic) bond motifs is 3. The van der Waals surface area contributed by atoms with Gasteiger partial charge in [0.25, 0.3) is 0 Å². The Balaban J connectivity index is 0.000000189. The molecule has 0 atom stereocenters. The van der Waals surface area contributed by atoms with Crippen LogP contribution in [-0.4, -0.2) is 4.98 Å². The summed E-state index contributed by atoms with van der Waals surface area (Å²) >= 11 is 0. The van der Waals surface area contributed by atoms with Gasteiger partial charge in [-0.3, -0.25) is 4.98 Å². The number of hydrogen-bond acceptors (Lipinski definition) is 1. The minimum atomic E-state index is 0. The van der Waals surface area contributed by atoms with Crippen LogP contribution in [0.5, 0.6) is 0 Å². The molecule has 0 N–H and O–H groups in total. The van der Waals surface area contributed by atoms with Crippen molar-refractivity contribution in [1.29, 1.82) is 0 Å². The van der Waals surface area contributed by atoms with E-state index in [2.05, 4.69) is 53.5 Å². The standard InChI is InChI=1S/C13H9N.C7H7.Ir/c1-2-4-12-10(3-1)5-6-11-9-14-8-7-13(11)12;1-7-5-3-2-4-6-7;/h1-9H;2-5H,1H3;/q;-1;. The first-order chi connectivity index (χ1) is 10.3. The molecule has 0 amide bonds. The van der Waals surface area contributed by atoms with Crippen molar-refractivity contribution in [3.8, 4) is 0 Å². The third-order valence-corrected chi connectivity index (χ3v) is 3.41. The summed E-state index contributed by atoms with van der Waals surface area (Å²) in [5.41, 5.74) is 1.20. The van der Waals surface area contributed by atoms with Crippen molar-refractivity contribution in [2.24, 2.45) is 0 Å². The minimum Gasteiger partial charge on any atom is -0.264 e. The third-order valence-electron chi connectivity index (χ3n) is 3.41. The Morgan fingerprint density at radius 3 is 2.23 bits per heavy atom. The second-order valence-corrected chi connectivity index (χ2v) is 4.93. The maximum atomic E-state index is 4.12. The molecule has 2 heteroatoms. The molecule has 1 heterocycles. The van der Waals surface area contributed by atoms with Gasteiger partial charge in [0, 0.05) is 37.9 Å². The number of nitrogens with zero attached hydrogens (tertiary/aromatic N) is 1. The molecule has 1 aromatic heterocycles. The van der Waals surface area contributed by atoms with E-state index in [0.717, 1.165) is 0 Å². The first-order valence-corrected chi connectivity index (χ1v) is 6.99. The van der Waals surface area contributed by atoms with Gasteiger partial charge in [0.1, 0.15) is 0 Å². The van der Waals surface area contributed by atoms with Crippen LogP contribution in [-0.2, 0) is 20.1 Å². The molecule has 0 aliphatic rings. The number of benzene rings is 3. The van der Waals surface area contributed by atoms with Gasteiger partial charge in [0.05, 0.1) is 0 Å². The molecule has 0 saturated carbocycles. The topological polar surface area (TPSA) is 12.9 Å². The SMILES string of the molecule is Cc1[c-]cccc1.[Ir].c1ccc2c(c1)ccc1cnccc12. The molecular formula is C20H16IrN-. The van der Waals surface area contributed by atoms with Crippen LogP contribution < -0.4 is 0 Å². The van der Waals surface area contributed by atoms with Gasteiger partial charge in [0.15, 0.2) is 0 Å². The average Bonchev–Trinajstić information content (AvgIpc) is 2.56. The molecule has 0 unspecified atom stereocenters. The van der Waals surface area contributed by atoms with Crippen LogP contribution in [0.4, 0.5) is 0 Å². The molecule has 4 aromatic rings. The molecule has 0 spiro atoms. The van der Waals surface area contributed by atoms with E-state index in [1.807, 2.05) is 43.6 Å². The van der Waals surface area contributed by atoms with Gasteiger partial charge in [-0.05, 0) is 22.2 Å². The second kappa shape index (κ2) is 7.84. The van der Waals surface area contributed by atoms with E-state index in [0.29, 0.717) is 0 Å². The molecule has 0 fully saturated rings. The predicted octanol–water partition coefficient (Wildman–Crippen LogP) is 5.18. The van der Waals surface area contributed by atoms with Crippen LogP contribution >= 0.6 is 0 Å². The molecule has 3 aromatic carbocycles. The molecule has 1 radical (unpaired) electrons. The molecule has 1 nitrogen and oxygen atoms in total. The Hall–Kier alpha value is -2.02. The zero-order chi connectivity index (χ0) is 14.5. The fraction of sp³-hybridized carbons (Fsp3) is 0.0500. The van der Waals surface area contributed by atoms with Crippen LogP contribution in [0.1, 0.15) is 5.56 Å². The van der Waals surface area contributed by atoms with Crippen LogP contribution in [0.2, 0.25) is 0 Å². The summed E-state index contributed by atoms with van der Waals surface area (Å²) in [6.45, 7) is 2.03. The zero-order valence-corrected chi connectivity index (χ0v) is 14.7. The smallest absolute Gasteiger partial charge is 0.0346 e. The van der Waals surface area contributed by atoms with Gasteiger partial charge in [-0.1, -0.05) is 43.3 Å². The van der Waals surface area contributed by atoms with Crippen LogP contribution in [0.15, 0.2) is 79.1 Å². The van der Waals surface area contributed by atoms with Gasteiger partial charge >= 0.3 is 0 Å². The van der Waals surface area contributed by atoms with E-state index in [9.17, 15) is 0 Å². The van der Waals surface area contributed by atoms with E-state index in [4.69, 9.17) is 0 Å². The number of hydrogen-bond donors (Lipinski definition) is 0. The zero-order valence-electron chi connectivity index (χ0n) is 12.3. The van der Waals surface area contributed by atoms with E-state index in [1.165, 1.54) is 27.1 Å². The summed E-state index contributed by atoms with van der Waals surface area (Å²) < 4.78 is 0. The van der Waals surface area contributed by atoms with Crippen molar-refractivity contribution in [2.45, 2.75) is 6.92 Å². The molecule has 0 aliphatic carbocycles.